The van der Waals surface area contributed by atoms with Crippen LogP contribution in [0.5, 0.6) is 0 Å². The number of nitrogens with one attached hydrogen (secondary N) is 2. The number of nitrogens with zero attached hydrogens (tertiary/aromatic N) is 5. The van der Waals surface area contributed by atoms with Crippen molar-refractivity contribution >= 4 is 28.1 Å². The number of rotatable bonds is 3. The highest BCUT2D eigenvalue weighted by Crippen LogP contribution is 2.25. The van der Waals surface area contributed by atoms with E-state index in [4.69, 9.17) is 0 Å². The topological polar surface area (TPSA) is 82.1 Å². The number of imidazole rings is 1. The second-order valence-corrected chi connectivity index (χ2v) is 6.46. The van der Waals surface area contributed by atoms with Crippen LogP contribution < -0.4 is 10.3 Å². The minimum Gasteiger partial charge on any atom is -0.346 e. The number of hydrogen-bond acceptors (Lipinski definition) is 4. The van der Waals surface area contributed by atoms with Gasteiger partial charge in [-0.05, 0) is 12.5 Å². The summed E-state index contributed by atoms with van der Waals surface area (Å²) in [6, 6.07) is 1.13. The molecule has 0 spiro atoms. The summed E-state index contributed by atoms with van der Waals surface area (Å²) in [5.41, 5.74) is 2.27. The summed E-state index contributed by atoms with van der Waals surface area (Å²) < 4.78 is 39.0. The highest BCUT2D eigenvalue weighted by Gasteiger charge is 2.35. The van der Waals surface area contributed by atoms with Crippen molar-refractivity contribution < 1.29 is 18.0 Å². The van der Waals surface area contributed by atoms with Gasteiger partial charge in [-0.2, -0.15) is 13.2 Å². The first-order valence-corrected chi connectivity index (χ1v) is 8.53. The Balaban J connectivity index is 1.63. The number of carbonyl (C=O) groups is 1. The van der Waals surface area contributed by atoms with Gasteiger partial charge in [0.15, 0.2) is 0 Å². The maximum atomic E-state index is 12.4. The molecule has 144 valence electrons. The van der Waals surface area contributed by atoms with E-state index in [1.165, 1.54) is 4.90 Å². The average Bonchev–Trinajstić information content (AvgIpc) is 3.33. The normalized spacial score (nSPS) is 18.0. The van der Waals surface area contributed by atoms with Gasteiger partial charge in [0.1, 0.15) is 36.2 Å². The van der Waals surface area contributed by atoms with Crippen molar-refractivity contribution in [2.24, 2.45) is 0 Å². The summed E-state index contributed by atoms with van der Waals surface area (Å²) in [5.74, 6) is 0. The third-order valence-electron chi connectivity index (χ3n) is 4.72. The number of carbonyl (C=O) groups excluding carboxylic acids is 1. The lowest BCUT2D eigenvalue weighted by molar-refractivity contribution is -0.123. The van der Waals surface area contributed by atoms with Gasteiger partial charge in [0.2, 0.25) is 0 Å². The van der Waals surface area contributed by atoms with Gasteiger partial charge in [-0.3, -0.25) is 5.01 Å². The molecule has 1 aliphatic heterocycles. The Morgan fingerprint density at radius 2 is 2.22 bits per heavy atom. The molecule has 0 aliphatic carbocycles. The zero-order valence-corrected chi connectivity index (χ0v) is 14.5. The van der Waals surface area contributed by atoms with Crippen molar-refractivity contribution in [1.29, 1.82) is 0 Å². The average molecular weight is 381 g/mol. The predicted molar refractivity (Wildman–Crippen MR) is 92.7 cm³/mol. The summed E-state index contributed by atoms with van der Waals surface area (Å²) >= 11 is 0. The lowest BCUT2D eigenvalue weighted by atomic mass is 10.2. The molecule has 3 aromatic heterocycles. The Hall–Kier alpha value is -2.98. The van der Waals surface area contributed by atoms with Crippen LogP contribution in [-0.2, 0) is 0 Å². The Morgan fingerprint density at radius 1 is 1.41 bits per heavy atom. The van der Waals surface area contributed by atoms with Crippen LogP contribution in [0.25, 0.3) is 22.1 Å². The summed E-state index contributed by atoms with van der Waals surface area (Å²) in [4.78, 5) is 25.3. The number of aromatic amines is 1. The second-order valence-electron chi connectivity index (χ2n) is 6.46. The number of amides is 2. The quantitative estimate of drug-likeness (QED) is 0.729. The SMILES string of the molecule is CCC1CN(C(=O)NCC(F)(F)F)CN1n1cnc2cnc3[nH]ccc3c21. The first-order chi connectivity index (χ1) is 12.9. The van der Waals surface area contributed by atoms with Crippen molar-refractivity contribution in [3.05, 3.63) is 24.8 Å². The van der Waals surface area contributed by atoms with E-state index in [2.05, 4.69) is 15.0 Å². The molecule has 1 aliphatic rings. The first-order valence-electron chi connectivity index (χ1n) is 8.53. The molecule has 0 aromatic carbocycles. The van der Waals surface area contributed by atoms with Crippen molar-refractivity contribution in [3.63, 3.8) is 0 Å². The van der Waals surface area contributed by atoms with Gasteiger partial charge in [0.25, 0.3) is 0 Å². The standard InChI is InChI=1S/C16H18F3N7O/c1-2-10-6-24(15(27)22-7-16(17,18)19)9-26(10)25-8-23-12-5-21-14-11(13(12)25)3-4-20-14/h3-5,8,10H,2,6-7,9H2,1H3,(H,20,21)(H,22,27). The molecule has 3 aromatic rings. The molecule has 4 heterocycles. The van der Waals surface area contributed by atoms with E-state index in [9.17, 15) is 18.0 Å². The number of urea groups is 1. The maximum absolute atomic E-state index is 12.4. The minimum absolute atomic E-state index is 0.0406. The van der Waals surface area contributed by atoms with Gasteiger partial charge in [0.05, 0.1) is 12.2 Å². The smallest absolute Gasteiger partial charge is 0.346 e. The molecule has 8 nitrogen and oxygen atoms in total. The molecule has 27 heavy (non-hydrogen) atoms. The molecule has 1 saturated heterocycles. The monoisotopic (exact) mass is 381 g/mol. The molecule has 1 unspecified atom stereocenters. The van der Waals surface area contributed by atoms with E-state index in [1.54, 1.807) is 18.7 Å². The third kappa shape index (κ3) is 3.13. The summed E-state index contributed by atoms with van der Waals surface area (Å²) in [6.07, 6.45) is 1.39. The number of hydrogen-bond donors (Lipinski definition) is 2. The molecule has 0 saturated carbocycles. The van der Waals surface area contributed by atoms with Crippen LogP contribution in [0.3, 0.4) is 0 Å². The van der Waals surface area contributed by atoms with Crippen LogP contribution in [0.1, 0.15) is 13.3 Å². The fourth-order valence-electron chi connectivity index (χ4n) is 3.40. The van der Waals surface area contributed by atoms with Crippen molar-refractivity contribution in [2.75, 3.05) is 24.8 Å². The van der Waals surface area contributed by atoms with E-state index in [-0.39, 0.29) is 12.7 Å². The Bertz CT molecular complexity index is 979. The molecule has 2 amide bonds. The van der Waals surface area contributed by atoms with Crippen LogP contribution >= 0.6 is 0 Å². The van der Waals surface area contributed by atoms with Crippen LogP contribution in [0.2, 0.25) is 0 Å². The lowest BCUT2D eigenvalue weighted by Crippen LogP contribution is -2.44. The molecule has 2 N–H and O–H groups in total. The van der Waals surface area contributed by atoms with Gasteiger partial charge in [-0.25, -0.2) is 19.4 Å². The van der Waals surface area contributed by atoms with Gasteiger partial charge < -0.3 is 15.2 Å². The molecule has 0 radical (unpaired) electrons. The lowest BCUT2D eigenvalue weighted by Gasteiger charge is -2.26. The largest absolute Gasteiger partial charge is 0.405 e. The number of halogens is 3. The van der Waals surface area contributed by atoms with Crippen LogP contribution in [0.4, 0.5) is 18.0 Å². The van der Waals surface area contributed by atoms with Crippen molar-refractivity contribution in [3.8, 4) is 0 Å². The minimum atomic E-state index is -4.44. The molecular formula is C16H18F3N7O. The molecule has 4 rings (SSSR count). The molecular weight excluding hydrogens is 363 g/mol. The number of pyridine rings is 1. The van der Waals surface area contributed by atoms with Gasteiger partial charge in [-0.1, -0.05) is 6.92 Å². The van der Waals surface area contributed by atoms with Crippen LogP contribution in [0.15, 0.2) is 24.8 Å². The second kappa shape index (κ2) is 6.32. The number of H-pyrrole nitrogens is 1. The molecule has 1 fully saturated rings. The number of aromatic nitrogens is 4. The Kier molecular flexibility index (Phi) is 4.08. The van der Waals surface area contributed by atoms with Gasteiger partial charge in [-0.15, -0.1) is 0 Å². The fraction of sp³-hybridized carbons (Fsp3) is 0.438. The number of fused-ring (bicyclic) bond motifs is 3. The molecule has 1 atom stereocenters. The highest BCUT2D eigenvalue weighted by atomic mass is 19.4. The molecule has 0 bridgehead atoms. The highest BCUT2D eigenvalue weighted by molar-refractivity contribution is 6.01. The van der Waals surface area contributed by atoms with Gasteiger partial charge >= 0.3 is 12.2 Å². The summed E-state index contributed by atoms with van der Waals surface area (Å²) in [6.45, 7) is 1.13. The zero-order valence-electron chi connectivity index (χ0n) is 14.5. The fourth-order valence-corrected chi connectivity index (χ4v) is 3.40. The van der Waals surface area contributed by atoms with Crippen molar-refractivity contribution in [2.45, 2.75) is 25.6 Å². The summed E-state index contributed by atoms with van der Waals surface area (Å²) in [5, 5.41) is 4.76. The first kappa shape index (κ1) is 17.4. The Labute approximate surface area is 151 Å². The van der Waals surface area contributed by atoms with E-state index in [0.717, 1.165) is 23.0 Å². The van der Waals surface area contributed by atoms with E-state index in [0.29, 0.717) is 12.1 Å². The Morgan fingerprint density at radius 3 is 2.96 bits per heavy atom. The van der Waals surface area contributed by atoms with E-state index in [1.807, 2.05) is 28.0 Å². The summed E-state index contributed by atoms with van der Waals surface area (Å²) in [7, 11) is 0. The van der Waals surface area contributed by atoms with Crippen LogP contribution in [0, 0.1) is 0 Å². The number of alkyl halides is 3. The maximum Gasteiger partial charge on any atom is 0.405 e. The zero-order chi connectivity index (χ0) is 19.2. The third-order valence-corrected chi connectivity index (χ3v) is 4.72. The molecule has 11 heteroatoms. The van der Waals surface area contributed by atoms with Crippen LogP contribution in [-0.4, -0.2) is 62.5 Å². The predicted octanol–water partition coefficient (Wildman–Crippen LogP) is 2.17. The van der Waals surface area contributed by atoms with Gasteiger partial charge in [0, 0.05) is 18.1 Å². The van der Waals surface area contributed by atoms with E-state index < -0.39 is 18.8 Å². The van der Waals surface area contributed by atoms with Crippen molar-refractivity contribution in [1.82, 2.24) is 29.8 Å². The van der Waals surface area contributed by atoms with E-state index >= 15 is 0 Å².